The van der Waals surface area contributed by atoms with Gasteiger partial charge in [-0.2, -0.15) is 5.26 Å². The van der Waals surface area contributed by atoms with Gasteiger partial charge in [-0.1, -0.05) is 30.0 Å². The molecule has 21 heavy (non-hydrogen) atoms. The zero-order chi connectivity index (χ0) is 15.4. The molecule has 0 bridgehead atoms. The van der Waals surface area contributed by atoms with Gasteiger partial charge in [0.15, 0.2) is 0 Å². The van der Waals surface area contributed by atoms with Crippen molar-refractivity contribution >= 4 is 17.4 Å². The highest BCUT2D eigenvalue weighted by atomic mass is 32.2. The number of aryl methyl sites for hydroxylation is 2. The Balaban J connectivity index is 2.30. The van der Waals surface area contributed by atoms with Gasteiger partial charge in [-0.25, -0.2) is 9.97 Å². The molecule has 0 aliphatic heterocycles. The highest BCUT2D eigenvalue weighted by Crippen LogP contribution is 2.29. The van der Waals surface area contributed by atoms with E-state index in [4.69, 9.17) is 0 Å². The molecule has 106 valence electrons. The Morgan fingerprint density at radius 1 is 1.33 bits per heavy atom. The number of para-hydroxylation sites is 1. The summed E-state index contributed by atoms with van der Waals surface area (Å²) < 4.78 is 0. The lowest BCUT2D eigenvalue weighted by Gasteiger charge is -2.07. The van der Waals surface area contributed by atoms with Crippen molar-refractivity contribution in [2.24, 2.45) is 0 Å². The Labute approximate surface area is 126 Å². The van der Waals surface area contributed by atoms with E-state index in [9.17, 15) is 15.4 Å². The molecule has 0 amide bonds. The Morgan fingerprint density at radius 2 is 2.05 bits per heavy atom. The van der Waals surface area contributed by atoms with Crippen LogP contribution in [0.5, 0.6) is 0 Å². The second kappa shape index (κ2) is 6.33. The van der Waals surface area contributed by atoms with Gasteiger partial charge in [0.05, 0.1) is 10.6 Å². The molecule has 0 N–H and O–H groups in total. The van der Waals surface area contributed by atoms with Crippen molar-refractivity contribution in [1.82, 2.24) is 9.97 Å². The standard InChI is InChI=1S/C14H12N4O2S/c1-9-12(7-15)14(17-10(2)16-9)21-8-11-5-3-4-6-13(11)18(19)20/h3-6H,8H2,1-2H3. The van der Waals surface area contributed by atoms with Crippen LogP contribution in [0, 0.1) is 35.3 Å². The number of nitrogens with zero attached hydrogens (tertiary/aromatic N) is 4. The summed E-state index contributed by atoms with van der Waals surface area (Å²) in [5.41, 5.74) is 1.72. The topological polar surface area (TPSA) is 92.7 Å². The molecule has 0 unspecified atom stereocenters. The van der Waals surface area contributed by atoms with Gasteiger partial charge in [-0.3, -0.25) is 10.1 Å². The van der Waals surface area contributed by atoms with Gasteiger partial charge >= 0.3 is 0 Å². The minimum atomic E-state index is -0.405. The SMILES string of the molecule is Cc1nc(C)c(C#N)c(SCc2ccccc2[N+](=O)[O-])n1. The molecule has 0 spiro atoms. The van der Waals surface area contributed by atoms with Gasteiger partial charge < -0.3 is 0 Å². The van der Waals surface area contributed by atoms with Crippen molar-refractivity contribution in [2.45, 2.75) is 24.6 Å². The molecular formula is C14H12N4O2S. The largest absolute Gasteiger partial charge is 0.273 e. The molecule has 0 saturated carbocycles. The minimum absolute atomic E-state index is 0.0750. The molecule has 1 heterocycles. The Kier molecular flexibility index (Phi) is 4.50. The lowest BCUT2D eigenvalue weighted by molar-refractivity contribution is -0.385. The van der Waals surface area contributed by atoms with E-state index in [-0.39, 0.29) is 5.69 Å². The average molecular weight is 300 g/mol. The molecule has 0 aliphatic rings. The molecule has 6 nitrogen and oxygen atoms in total. The number of hydrogen-bond acceptors (Lipinski definition) is 6. The van der Waals surface area contributed by atoms with Gasteiger partial charge in [0, 0.05) is 17.4 Å². The number of hydrogen-bond donors (Lipinski definition) is 0. The van der Waals surface area contributed by atoms with Crippen molar-refractivity contribution < 1.29 is 4.92 Å². The molecule has 2 aromatic rings. The van der Waals surface area contributed by atoms with Crippen LogP contribution in [0.1, 0.15) is 22.6 Å². The van der Waals surface area contributed by atoms with Crippen LogP contribution in [0.3, 0.4) is 0 Å². The maximum atomic E-state index is 11.0. The molecule has 1 aromatic carbocycles. The molecule has 7 heteroatoms. The molecule has 2 rings (SSSR count). The highest BCUT2D eigenvalue weighted by molar-refractivity contribution is 7.98. The molecule has 0 fully saturated rings. The van der Waals surface area contributed by atoms with Gasteiger partial charge in [0.25, 0.3) is 5.69 Å². The van der Waals surface area contributed by atoms with Crippen molar-refractivity contribution in [3.8, 4) is 6.07 Å². The second-order valence-corrected chi connectivity index (χ2v) is 5.29. The van der Waals surface area contributed by atoms with Crippen LogP contribution in [0.2, 0.25) is 0 Å². The predicted octanol–water partition coefficient (Wildman–Crippen LogP) is 3.17. The molecule has 0 radical (unpaired) electrons. The van der Waals surface area contributed by atoms with Gasteiger partial charge in [0.1, 0.15) is 22.5 Å². The molecule has 0 atom stereocenters. The van der Waals surface area contributed by atoms with E-state index in [2.05, 4.69) is 16.0 Å². The minimum Gasteiger partial charge on any atom is -0.258 e. The maximum absolute atomic E-state index is 11.0. The summed E-state index contributed by atoms with van der Waals surface area (Å²) in [4.78, 5) is 19.0. The first-order chi connectivity index (χ1) is 10.0. The van der Waals surface area contributed by atoms with E-state index >= 15 is 0 Å². The Bertz CT molecular complexity index is 740. The first-order valence-corrected chi connectivity index (χ1v) is 7.12. The summed E-state index contributed by atoms with van der Waals surface area (Å²) in [7, 11) is 0. The molecule has 0 saturated heterocycles. The summed E-state index contributed by atoms with van der Waals surface area (Å²) >= 11 is 1.31. The number of aromatic nitrogens is 2. The van der Waals surface area contributed by atoms with E-state index < -0.39 is 4.92 Å². The van der Waals surface area contributed by atoms with Crippen LogP contribution in [0.4, 0.5) is 5.69 Å². The summed E-state index contributed by atoms with van der Waals surface area (Å²) in [5, 5.41) is 20.7. The zero-order valence-corrected chi connectivity index (χ0v) is 12.3. The first-order valence-electron chi connectivity index (χ1n) is 6.13. The molecule has 0 aliphatic carbocycles. The van der Waals surface area contributed by atoms with E-state index in [1.807, 2.05) is 0 Å². The summed E-state index contributed by atoms with van der Waals surface area (Å²) in [6, 6.07) is 8.65. The van der Waals surface area contributed by atoms with E-state index in [1.165, 1.54) is 17.8 Å². The van der Waals surface area contributed by atoms with Crippen molar-refractivity contribution in [1.29, 1.82) is 5.26 Å². The number of nitriles is 1. The van der Waals surface area contributed by atoms with Crippen molar-refractivity contribution in [3.05, 3.63) is 57.0 Å². The van der Waals surface area contributed by atoms with Crippen LogP contribution < -0.4 is 0 Å². The van der Waals surface area contributed by atoms with Crippen molar-refractivity contribution in [2.75, 3.05) is 0 Å². The van der Waals surface area contributed by atoms with Crippen LogP contribution in [-0.2, 0) is 5.75 Å². The van der Waals surface area contributed by atoms with Crippen LogP contribution >= 0.6 is 11.8 Å². The zero-order valence-electron chi connectivity index (χ0n) is 11.5. The van der Waals surface area contributed by atoms with E-state index in [0.717, 1.165) is 0 Å². The van der Waals surface area contributed by atoms with Crippen LogP contribution in [0.15, 0.2) is 29.3 Å². The fraction of sp³-hybridized carbons (Fsp3) is 0.214. The quantitative estimate of drug-likeness (QED) is 0.372. The first kappa shape index (κ1) is 14.9. The number of nitro groups is 1. The Morgan fingerprint density at radius 3 is 2.71 bits per heavy atom. The smallest absolute Gasteiger partial charge is 0.258 e. The normalized spacial score (nSPS) is 10.1. The summed E-state index contributed by atoms with van der Waals surface area (Å²) in [5.74, 6) is 0.957. The van der Waals surface area contributed by atoms with Gasteiger partial charge in [-0.15, -0.1) is 0 Å². The second-order valence-electron chi connectivity index (χ2n) is 4.32. The third-order valence-corrected chi connectivity index (χ3v) is 3.86. The predicted molar refractivity (Wildman–Crippen MR) is 78.9 cm³/mol. The maximum Gasteiger partial charge on any atom is 0.273 e. The van der Waals surface area contributed by atoms with E-state index in [0.29, 0.717) is 33.4 Å². The number of thioether (sulfide) groups is 1. The number of rotatable bonds is 4. The monoisotopic (exact) mass is 300 g/mol. The molecule has 1 aromatic heterocycles. The summed E-state index contributed by atoms with van der Waals surface area (Å²) in [6.07, 6.45) is 0. The van der Waals surface area contributed by atoms with Crippen LogP contribution in [-0.4, -0.2) is 14.9 Å². The number of nitro benzene ring substituents is 1. The molecular weight excluding hydrogens is 288 g/mol. The lowest BCUT2D eigenvalue weighted by atomic mass is 10.2. The van der Waals surface area contributed by atoms with E-state index in [1.54, 1.807) is 32.0 Å². The van der Waals surface area contributed by atoms with Crippen LogP contribution in [0.25, 0.3) is 0 Å². The summed E-state index contributed by atoms with van der Waals surface area (Å²) in [6.45, 7) is 3.51. The third-order valence-electron chi connectivity index (χ3n) is 2.83. The van der Waals surface area contributed by atoms with Gasteiger partial charge in [0.2, 0.25) is 0 Å². The van der Waals surface area contributed by atoms with Gasteiger partial charge in [-0.05, 0) is 13.8 Å². The number of benzene rings is 1. The average Bonchev–Trinajstić information content (AvgIpc) is 2.44. The fourth-order valence-electron chi connectivity index (χ4n) is 1.87. The fourth-order valence-corrected chi connectivity index (χ4v) is 2.94. The lowest BCUT2D eigenvalue weighted by Crippen LogP contribution is -2.00. The third kappa shape index (κ3) is 3.35. The Hall–Kier alpha value is -2.46. The highest BCUT2D eigenvalue weighted by Gasteiger charge is 2.15. The van der Waals surface area contributed by atoms with Crippen molar-refractivity contribution in [3.63, 3.8) is 0 Å².